The molecule has 3 heterocycles. The van der Waals surface area contributed by atoms with Gasteiger partial charge in [-0.3, -0.25) is 14.2 Å². The number of Topliss-reactive ketones (excluding diaryl/α,β-unsaturated/α-hetero) is 1. The van der Waals surface area contributed by atoms with Crippen molar-refractivity contribution in [2.75, 3.05) is 6.54 Å². The summed E-state index contributed by atoms with van der Waals surface area (Å²) >= 11 is 1.36. The summed E-state index contributed by atoms with van der Waals surface area (Å²) in [7, 11) is 0. The van der Waals surface area contributed by atoms with Crippen molar-refractivity contribution >= 4 is 23.5 Å². The minimum atomic E-state index is -0.358. The Morgan fingerprint density at radius 1 is 1.12 bits per heavy atom. The predicted octanol–water partition coefficient (Wildman–Crippen LogP) is 4.07. The second kappa shape index (κ2) is 9.24. The molecule has 7 nitrogen and oxygen atoms in total. The summed E-state index contributed by atoms with van der Waals surface area (Å²) < 4.78 is 1.85. The molecule has 0 radical (unpaired) electrons. The molecule has 4 rings (SSSR count). The van der Waals surface area contributed by atoms with Gasteiger partial charge in [-0.15, -0.1) is 10.2 Å². The first-order chi connectivity index (χ1) is 15.3. The lowest BCUT2D eigenvalue weighted by Gasteiger charge is -2.17. The number of pyridine rings is 1. The number of benzene rings is 1. The van der Waals surface area contributed by atoms with E-state index in [4.69, 9.17) is 0 Å². The first-order valence-electron chi connectivity index (χ1n) is 10.8. The van der Waals surface area contributed by atoms with Gasteiger partial charge in [-0.1, -0.05) is 23.9 Å². The molecule has 1 fully saturated rings. The maximum Gasteiger partial charge on any atom is 0.223 e. The molecule has 1 atom stereocenters. The Morgan fingerprint density at radius 2 is 1.91 bits per heavy atom. The number of likely N-dealkylation sites (tertiary alicyclic amines) is 1. The second-order valence-electron chi connectivity index (χ2n) is 8.22. The molecular weight excluding hydrogens is 422 g/mol. The number of carbonyl (C=O) groups is 2. The number of aryl methyl sites for hydroxylation is 3. The molecule has 1 aromatic carbocycles. The molecule has 1 saturated heterocycles. The molecule has 8 heteroatoms. The van der Waals surface area contributed by atoms with Gasteiger partial charge in [0.25, 0.3) is 0 Å². The van der Waals surface area contributed by atoms with Crippen LogP contribution in [0.2, 0.25) is 0 Å². The van der Waals surface area contributed by atoms with Crippen LogP contribution < -0.4 is 0 Å². The SMILES string of the molecule is Cc1cc(C)c(C(=O)C(C)Sc2nnc(CN3CCCC3=O)n2-c2ccccn2)cc1C. The molecule has 0 saturated carbocycles. The first-order valence-corrected chi connectivity index (χ1v) is 11.7. The normalized spacial score (nSPS) is 14.8. The molecule has 32 heavy (non-hydrogen) atoms. The highest BCUT2D eigenvalue weighted by atomic mass is 32.2. The van der Waals surface area contributed by atoms with E-state index in [1.54, 1.807) is 11.1 Å². The van der Waals surface area contributed by atoms with Crippen molar-refractivity contribution in [2.24, 2.45) is 0 Å². The van der Waals surface area contributed by atoms with Crippen LogP contribution in [0, 0.1) is 20.8 Å². The molecule has 2 aromatic heterocycles. The molecule has 0 spiro atoms. The minimum absolute atomic E-state index is 0.0578. The molecule has 0 N–H and O–H groups in total. The molecule has 1 unspecified atom stereocenters. The third-order valence-electron chi connectivity index (χ3n) is 5.84. The highest BCUT2D eigenvalue weighted by Crippen LogP contribution is 2.29. The Labute approximate surface area is 192 Å². The maximum absolute atomic E-state index is 13.3. The van der Waals surface area contributed by atoms with Crippen molar-refractivity contribution in [3.63, 3.8) is 0 Å². The monoisotopic (exact) mass is 449 g/mol. The Balaban J connectivity index is 1.64. The number of hydrogen-bond donors (Lipinski definition) is 0. The third-order valence-corrected chi connectivity index (χ3v) is 6.88. The quantitative estimate of drug-likeness (QED) is 0.399. The standard InChI is InChI=1S/C24H27N5O2S/c1-15-12-17(3)19(13-16(15)2)23(31)18(4)32-24-27-26-21(14-28-11-7-9-22(28)30)29(24)20-8-5-6-10-25-20/h5-6,8,10,12-13,18H,7,9,11,14H2,1-4H3. The fraction of sp³-hybridized carbons (Fsp3) is 0.375. The average Bonchev–Trinajstić information content (AvgIpc) is 3.37. The van der Waals surface area contributed by atoms with Crippen molar-refractivity contribution in [1.29, 1.82) is 0 Å². The van der Waals surface area contributed by atoms with Crippen LogP contribution in [0.15, 0.2) is 41.7 Å². The van der Waals surface area contributed by atoms with Crippen molar-refractivity contribution in [3.05, 3.63) is 64.6 Å². The van der Waals surface area contributed by atoms with Gasteiger partial charge >= 0.3 is 0 Å². The van der Waals surface area contributed by atoms with E-state index in [2.05, 4.69) is 28.2 Å². The summed E-state index contributed by atoms with van der Waals surface area (Å²) in [4.78, 5) is 31.7. The lowest BCUT2D eigenvalue weighted by molar-refractivity contribution is -0.128. The van der Waals surface area contributed by atoms with Crippen LogP contribution >= 0.6 is 11.8 Å². The number of hydrogen-bond acceptors (Lipinski definition) is 6. The van der Waals surface area contributed by atoms with Crippen LogP contribution in [-0.4, -0.2) is 48.1 Å². The van der Waals surface area contributed by atoms with Gasteiger partial charge in [0.2, 0.25) is 5.91 Å². The molecular formula is C24H27N5O2S. The largest absolute Gasteiger partial charge is 0.335 e. The highest BCUT2D eigenvalue weighted by molar-refractivity contribution is 8.00. The van der Waals surface area contributed by atoms with E-state index in [-0.39, 0.29) is 16.9 Å². The zero-order valence-corrected chi connectivity index (χ0v) is 19.6. The maximum atomic E-state index is 13.3. The van der Waals surface area contributed by atoms with E-state index in [9.17, 15) is 9.59 Å². The van der Waals surface area contributed by atoms with Crippen LogP contribution in [0.25, 0.3) is 5.82 Å². The third kappa shape index (κ3) is 4.46. The van der Waals surface area contributed by atoms with Crippen LogP contribution in [0.5, 0.6) is 0 Å². The van der Waals surface area contributed by atoms with Crippen LogP contribution in [-0.2, 0) is 11.3 Å². The summed E-state index contributed by atoms with van der Waals surface area (Å²) in [6.45, 7) is 9.03. The van der Waals surface area contributed by atoms with Gasteiger partial charge in [0.05, 0.1) is 11.8 Å². The molecule has 1 amide bonds. The number of thioether (sulfide) groups is 1. The fourth-order valence-corrected chi connectivity index (χ4v) is 4.84. The van der Waals surface area contributed by atoms with E-state index in [1.165, 1.54) is 17.3 Å². The summed E-state index contributed by atoms with van der Waals surface area (Å²) in [6.07, 6.45) is 3.14. The van der Waals surface area contributed by atoms with Crippen molar-refractivity contribution in [3.8, 4) is 5.82 Å². The highest BCUT2D eigenvalue weighted by Gasteiger charge is 2.27. The molecule has 0 aliphatic carbocycles. The van der Waals surface area contributed by atoms with E-state index >= 15 is 0 Å². The van der Waals surface area contributed by atoms with Crippen LogP contribution in [0.1, 0.15) is 52.6 Å². The Kier molecular flexibility index (Phi) is 6.41. The Morgan fingerprint density at radius 3 is 2.59 bits per heavy atom. The molecule has 0 bridgehead atoms. The number of amides is 1. The fourth-order valence-electron chi connectivity index (χ4n) is 3.89. The number of ketones is 1. The number of carbonyl (C=O) groups excluding carboxylic acids is 2. The number of rotatable bonds is 7. The van der Waals surface area contributed by atoms with Gasteiger partial charge in [-0.2, -0.15) is 0 Å². The van der Waals surface area contributed by atoms with E-state index in [0.29, 0.717) is 29.8 Å². The van der Waals surface area contributed by atoms with E-state index < -0.39 is 0 Å². The topological polar surface area (TPSA) is 81.0 Å². The average molecular weight is 450 g/mol. The molecule has 3 aromatic rings. The lowest BCUT2D eigenvalue weighted by atomic mass is 9.97. The van der Waals surface area contributed by atoms with Gasteiger partial charge in [0.15, 0.2) is 16.8 Å². The summed E-state index contributed by atoms with van der Waals surface area (Å²) in [5, 5.41) is 8.97. The van der Waals surface area contributed by atoms with Crippen molar-refractivity contribution in [2.45, 2.75) is 57.5 Å². The van der Waals surface area contributed by atoms with E-state index in [1.807, 2.05) is 49.6 Å². The van der Waals surface area contributed by atoms with Crippen molar-refractivity contribution in [1.82, 2.24) is 24.6 Å². The van der Waals surface area contributed by atoms with Gasteiger partial charge in [0.1, 0.15) is 5.82 Å². The van der Waals surface area contributed by atoms with Gasteiger partial charge in [-0.25, -0.2) is 4.98 Å². The zero-order chi connectivity index (χ0) is 22.8. The summed E-state index contributed by atoms with van der Waals surface area (Å²) in [6, 6.07) is 9.65. The van der Waals surface area contributed by atoms with E-state index in [0.717, 1.165) is 29.7 Å². The minimum Gasteiger partial charge on any atom is -0.335 e. The lowest BCUT2D eigenvalue weighted by Crippen LogP contribution is -2.26. The zero-order valence-electron chi connectivity index (χ0n) is 18.8. The molecule has 166 valence electrons. The first kappa shape index (κ1) is 22.2. The Hall–Kier alpha value is -3.00. The summed E-state index contributed by atoms with van der Waals surface area (Å²) in [5.41, 5.74) is 3.99. The second-order valence-corrected chi connectivity index (χ2v) is 9.52. The number of nitrogens with zero attached hydrogens (tertiary/aromatic N) is 5. The predicted molar refractivity (Wildman–Crippen MR) is 124 cm³/mol. The van der Waals surface area contributed by atoms with Crippen molar-refractivity contribution < 1.29 is 9.59 Å². The van der Waals surface area contributed by atoms with Gasteiger partial charge in [0, 0.05) is 24.7 Å². The molecule has 1 aliphatic rings. The number of aromatic nitrogens is 4. The summed E-state index contributed by atoms with van der Waals surface area (Å²) in [5.74, 6) is 1.50. The van der Waals surface area contributed by atoms with Gasteiger partial charge < -0.3 is 4.90 Å². The Bertz CT molecular complexity index is 1160. The molecule has 1 aliphatic heterocycles. The van der Waals surface area contributed by atoms with Crippen LogP contribution in [0.4, 0.5) is 0 Å². The smallest absolute Gasteiger partial charge is 0.223 e. The van der Waals surface area contributed by atoms with Gasteiger partial charge in [-0.05, 0) is 69.0 Å². The van der Waals surface area contributed by atoms with Crippen LogP contribution in [0.3, 0.4) is 0 Å².